The average Bonchev–Trinajstić information content (AvgIpc) is 3.34. The molecule has 5 rings (SSSR count). The van der Waals surface area contributed by atoms with Gasteiger partial charge in [-0.25, -0.2) is 9.07 Å². The van der Waals surface area contributed by atoms with Gasteiger partial charge in [-0.1, -0.05) is 48.2 Å². The number of thioether (sulfide) groups is 1. The van der Waals surface area contributed by atoms with Crippen LogP contribution in [-0.4, -0.2) is 24.5 Å². The quantitative estimate of drug-likeness (QED) is 0.414. The summed E-state index contributed by atoms with van der Waals surface area (Å²) in [5.41, 5.74) is 2.87. The van der Waals surface area contributed by atoms with Gasteiger partial charge in [-0.2, -0.15) is 5.10 Å². The lowest BCUT2D eigenvalue weighted by atomic mass is 10.2. The Morgan fingerprint density at radius 1 is 1.00 bits per heavy atom. The Bertz CT molecular complexity index is 1120. The summed E-state index contributed by atoms with van der Waals surface area (Å²) in [6.45, 7) is 0.778. The van der Waals surface area contributed by atoms with Crippen LogP contribution in [0.2, 0.25) is 0 Å². The summed E-state index contributed by atoms with van der Waals surface area (Å²) < 4.78 is 17.4. The Labute approximate surface area is 172 Å². The van der Waals surface area contributed by atoms with Crippen LogP contribution < -0.4 is 0 Å². The molecule has 2 heterocycles. The summed E-state index contributed by atoms with van der Waals surface area (Å²) in [4.78, 5) is 0. The van der Waals surface area contributed by atoms with Gasteiger partial charge in [0.15, 0.2) is 5.16 Å². The Morgan fingerprint density at radius 2 is 1.86 bits per heavy atom. The number of rotatable bonds is 7. The van der Waals surface area contributed by atoms with Gasteiger partial charge in [0, 0.05) is 17.9 Å². The molecule has 0 saturated heterocycles. The van der Waals surface area contributed by atoms with E-state index in [1.54, 1.807) is 22.5 Å². The van der Waals surface area contributed by atoms with Crippen molar-refractivity contribution >= 4 is 11.8 Å². The molecule has 2 aromatic heterocycles. The van der Waals surface area contributed by atoms with Gasteiger partial charge < -0.3 is 4.57 Å². The fourth-order valence-electron chi connectivity index (χ4n) is 3.30. The molecule has 0 atom stereocenters. The lowest BCUT2D eigenvalue weighted by Gasteiger charge is -2.09. The van der Waals surface area contributed by atoms with Crippen molar-refractivity contribution in [2.45, 2.75) is 36.2 Å². The number of hydrogen-bond donors (Lipinski definition) is 0. The molecule has 146 valence electrons. The maximum Gasteiger partial charge on any atom is 0.191 e. The lowest BCUT2D eigenvalue weighted by molar-refractivity contribution is 0.625. The molecule has 4 aromatic rings. The molecule has 1 fully saturated rings. The summed E-state index contributed by atoms with van der Waals surface area (Å²) in [5.74, 6) is 2.03. The minimum Gasteiger partial charge on any atom is -0.301 e. The Morgan fingerprint density at radius 3 is 2.66 bits per heavy atom. The first-order valence-electron chi connectivity index (χ1n) is 9.66. The molecule has 1 saturated carbocycles. The molecule has 1 aliphatic carbocycles. The third-order valence-electron chi connectivity index (χ3n) is 4.94. The van der Waals surface area contributed by atoms with Gasteiger partial charge in [-0.05, 0) is 42.7 Å². The first kappa shape index (κ1) is 18.1. The zero-order valence-corrected chi connectivity index (χ0v) is 16.6. The summed E-state index contributed by atoms with van der Waals surface area (Å²) in [6.07, 6.45) is 4.24. The molecule has 0 N–H and O–H groups in total. The van der Waals surface area contributed by atoms with Crippen LogP contribution in [0.15, 0.2) is 72.0 Å². The molecule has 0 unspecified atom stereocenters. The predicted molar refractivity (Wildman–Crippen MR) is 111 cm³/mol. The van der Waals surface area contributed by atoms with E-state index in [-0.39, 0.29) is 5.82 Å². The normalized spacial score (nSPS) is 13.7. The smallest absolute Gasteiger partial charge is 0.191 e. The van der Waals surface area contributed by atoms with Gasteiger partial charge in [0.25, 0.3) is 0 Å². The van der Waals surface area contributed by atoms with Crippen LogP contribution in [0, 0.1) is 5.82 Å². The van der Waals surface area contributed by atoms with Gasteiger partial charge in [0.2, 0.25) is 0 Å². The van der Waals surface area contributed by atoms with Crippen LogP contribution in [0.25, 0.3) is 5.69 Å². The average molecular weight is 406 g/mol. The van der Waals surface area contributed by atoms with E-state index >= 15 is 0 Å². The fourth-order valence-corrected chi connectivity index (χ4v) is 4.15. The number of aromatic nitrogens is 5. The number of nitrogens with zero attached hydrogens (tertiary/aromatic N) is 5. The molecule has 1 aliphatic rings. The largest absolute Gasteiger partial charge is 0.301 e. The number of halogens is 1. The van der Waals surface area contributed by atoms with Crippen LogP contribution in [-0.2, 0) is 12.3 Å². The van der Waals surface area contributed by atoms with Crippen LogP contribution in [0.4, 0.5) is 4.39 Å². The molecule has 0 spiro atoms. The molecule has 7 heteroatoms. The van der Waals surface area contributed by atoms with E-state index < -0.39 is 0 Å². The Hall–Kier alpha value is -2.93. The van der Waals surface area contributed by atoms with Crippen molar-refractivity contribution in [2.24, 2.45) is 0 Å². The Kier molecular flexibility index (Phi) is 4.89. The molecule has 2 aromatic carbocycles. The number of benzene rings is 2. The highest BCUT2D eigenvalue weighted by Gasteiger charge is 2.30. The second kappa shape index (κ2) is 7.83. The lowest BCUT2D eigenvalue weighted by Crippen LogP contribution is -2.06. The second-order valence-electron chi connectivity index (χ2n) is 7.21. The minimum atomic E-state index is -0.268. The molecule has 29 heavy (non-hydrogen) atoms. The van der Waals surface area contributed by atoms with E-state index in [0.717, 1.165) is 23.2 Å². The van der Waals surface area contributed by atoms with E-state index in [9.17, 15) is 4.39 Å². The van der Waals surface area contributed by atoms with Crippen molar-refractivity contribution in [1.82, 2.24) is 24.5 Å². The summed E-state index contributed by atoms with van der Waals surface area (Å²) in [6, 6.07) is 18.8. The highest BCUT2D eigenvalue weighted by molar-refractivity contribution is 7.98. The van der Waals surface area contributed by atoms with E-state index in [1.165, 1.54) is 30.5 Å². The van der Waals surface area contributed by atoms with Crippen molar-refractivity contribution in [2.75, 3.05) is 0 Å². The van der Waals surface area contributed by atoms with Crippen LogP contribution in [0.3, 0.4) is 0 Å². The van der Waals surface area contributed by atoms with Gasteiger partial charge in [0.05, 0.1) is 17.9 Å². The number of hydrogen-bond acceptors (Lipinski definition) is 4. The van der Waals surface area contributed by atoms with Crippen molar-refractivity contribution in [3.8, 4) is 5.69 Å². The standard InChI is InChI=1S/C22H20FN5S/c23-18-7-4-8-20(13-18)28-12-11-19(26-28)15-29-22-25-24-21(17-9-10-17)27(22)14-16-5-2-1-3-6-16/h1-8,11-13,17H,9-10,14-15H2. The molecular weight excluding hydrogens is 385 g/mol. The van der Waals surface area contributed by atoms with Crippen molar-refractivity contribution < 1.29 is 4.39 Å². The second-order valence-corrected chi connectivity index (χ2v) is 8.15. The monoisotopic (exact) mass is 405 g/mol. The fraction of sp³-hybridized carbons (Fsp3) is 0.227. The van der Waals surface area contributed by atoms with Gasteiger partial charge >= 0.3 is 0 Å². The van der Waals surface area contributed by atoms with E-state index in [2.05, 4.69) is 44.1 Å². The van der Waals surface area contributed by atoms with Crippen LogP contribution >= 0.6 is 11.8 Å². The molecule has 0 radical (unpaired) electrons. The summed E-state index contributed by atoms with van der Waals surface area (Å²) in [5, 5.41) is 14.4. The zero-order valence-electron chi connectivity index (χ0n) is 15.8. The topological polar surface area (TPSA) is 48.5 Å². The minimum absolute atomic E-state index is 0.268. The Balaban J connectivity index is 1.33. The zero-order chi connectivity index (χ0) is 19.6. The maximum atomic E-state index is 13.5. The SMILES string of the molecule is Fc1cccc(-n2ccc(CSc3nnc(C4CC4)n3Cc3ccccc3)n2)c1. The third kappa shape index (κ3) is 4.10. The van der Waals surface area contributed by atoms with Crippen LogP contribution in [0.1, 0.15) is 35.8 Å². The van der Waals surface area contributed by atoms with E-state index in [4.69, 9.17) is 0 Å². The third-order valence-corrected chi connectivity index (χ3v) is 5.94. The van der Waals surface area contributed by atoms with Crippen molar-refractivity contribution in [3.63, 3.8) is 0 Å². The van der Waals surface area contributed by atoms with Crippen LogP contribution in [0.5, 0.6) is 0 Å². The van der Waals surface area contributed by atoms with Crippen molar-refractivity contribution in [3.05, 3.63) is 89.8 Å². The summed E-state index contributed by atoms with van der Waals surface area (Å²) >= 11 is 1.64. The molecule has 0 aliphatic heterocycles. The highest BCUT2D eigenvalue weighted by atomic mass is 32.2. The first-order valence-corrected chi connectivity index (χ1v) is 10.6. The predicted octanol–water partition coefficient (Wildman–Crippen LogP) is 4.82. The maximum absolute atomic E-state index is 13.5. The van der Waals surface area contributed by atoms with E-state index in [1.807, 2.05) is 24.4 Å². The highest BCUT2D eigenvalue weighted by Crippen LogP contribution is 2.40. The summed E-state index contributed by atoms with van der Waals surface area (Å²) in [7, 11) is 0. The van der Waals surface area contributed by atoms with Gasteiger partial charge in [-0.3, -0.25) is 0 Å². The van der Waals surface area contributed by atoms with Gasteiger partial charge in [0.1, 0.15) is 11.6 Å². The van der Waals surface area contributed by atoms with Crippen molar-refractivity contribution in [1.29, 1.82) is 0 Å². The molecule has 5 nitrogen and oxygen atoms in total. The molecule has 0 amide bonds. The first-order chi connectivity index (χ1) is 14.3. The van der Waals surface area contributed by atoms with Gasteiger partial charge in [-0.15, -0.1) is 10.2 Å². The van der Waals surface area contributed by atoms with E-state index in [0.29, 0.717) is 17.4 Å². The molecule has 0 bridgehead atoms. The molecular formula is C22H20FN5S.